The maximum absolute atomic E-state index is 11.7. The Morgan fingerprint density at radius 1 is 1.25 bits per heavy atom. The number of aliphatic hydroxyl groups is 1. The fourth-order valence-corrected chi connectivity index (χ4v) is 3.70. The quantitative estimate of drug-likeness (QED) is 0.348. The molecule has 3 aromatic rings. The summed E-state index contributed by atoms with van der Waals surface area (Å²) < 4.78 is 6.70. The van der Waals surface area contributed by atoms with Crippen LogP contribution in [0.4, 0.5) is 11.4 Å². The highest BCUT2D eigenvalue weighted by atomic mass is 127. The summed E-state index contributed by atoms with van der Waals surface area (Å²) in [5, 5.41) is 33.9. The van der Waals surface area contributed by atoms with Gasteiger partial charge in [-0.05, 0) is 84.8 Å². The Bertz CT molecular complexity index is 1140. The molecule has 2 atom stereocenters. The van der Waals surface area contributed by atoms with Crippen molar-refractivity contribution in [2.75, 3.05) is 10.6 Å². The highest BCUT2D eigenvalue weighted by Crippen LogP contribution is 2.30. The van der Waals surface area contributed by atoms with E-state index in [-0.39, 0.29) is 11.8 Å². The van der Waals surface area contributed by atoms with Crippen LogP contribution < -0.4 is 10.6 Å². The van der Waals surface area contributed by atoms with Crippen LogP contribution in [0.5, 0.6) is 0 Å². The summed E-state index contributed by atoms with van der Waals surface area (Å²) in [7, 11) is 0. The highest BCUT2D eigenvalue weighted by molar-refractivity contribution is 14.1. The number of halogens is 1. The van der Waals surface area contributed by atoms with Crippen molar-refractivity contribution in [3.63, 3.8) is 0 Å². The molecule has 0 radical (unpaired) electrons. The predicted octanol–water partition coefficient (Wildman–Crippen LogP) is 4.79. The summed E-state index contributed by atoms with van der Waals surface area (Å²) in [5.41, 5.74) is 3.66. The average molecular weight is 545 g/mol. The number of nitrogens with zero attached hydrogens (tertiary/aromatic N) is 3. The monoisotopic (exact) mass is 545 g/mol. The van der Waals surface area contributed by atoms with E-state index in [1.807, 2.05) is 13.8 Å². The standard InChI is InChI=1S/C23H24IN5O3/c1-4-5-19(31)26-17-9-6-15(7-10-17)22-28-29-23(32-22)21(14(3)30)27-18-11-8-16(12-25)20(24)13(18)2/h6-11,14,21,27,30H,4-5H2,1-3H3,(H,26,31)/t14-,21-/m1/s1. The molecule has 3 N–H and O–H groups in total. The summed E-state index contributed by atoms with van der Waals surface area (Å²) in [6.07, 6.45) is 0.446. The zero-order chi connectivity index (χ0) is 23.3. The lowest BCUT2D eigenvalue weighted by Crippen LogP contribution is -2.23. The van der Waals surface area contributed by atoms with Gasteiger partial charge in [-0.15, -0.1) is 10.2 Å². The van der Waals surface area contributed by atoms with E-state index in [4.69, 9.17) is 4.42 Å². The zero-order valence-corrected chi connectivity index (χ0v) is 20.2. The van der Waals surface area contributed by atoms with Gasteiger partial charge in [0.25, 0.3) is 0 Å². The van der Waals surface area contributed by atoms with Crippen LogP contribution in [0.1, 0.15) is 49.7 Å². The van der Waals surface area contributed by atoms with Crippen LogP contribution in [0.2, 0.25) is 0 Å². The molecular formula is C23H24IN5O3. The van der Waals surface area contributed by atoms with Gasteiger partial charge in [-0.25, -0.2) is 0 Å². The predicted molar refractivity (Wildman–Crippen MR) is 130 cm³/mol. The first kappa shape index (κ1) is 23.7. The molecule has 32 heavy (non-hydrogen) atoms. The molecule has 0 saturated carbocycles. The van der Waals surface area contributed by atoms with Crippen molar-refractivity contribution in [3.8, 4) is 17.5 Å². The van der Waals surface area contributed by atoms with E-state index < -0.39 is 12.1 Å². The molecule has 166 valence electrons. The van der Waals surface area contributed by atoms with Crippen LogP contribution in [-0.4, -0.2) is 27.3 Å². The number of rotatable bonds is 8. The summed E-state index contributed by atoms with van der Waals surface area (Å²) >= 11 is 2.13. The second-order valence-electron chi connectivity index (χ2n) is 7.40. The minimum Gasteiger partial charge on any atom is -0.418 e. The molecule has 0 bridgehead atoms. The number of hydrogen-bond donors (Lipinski definition) is 3. The van der Waals surface area contributed by atoms with Gasteiger partial charge in [0.05, 0.1) is 11.7 Å². The van der Waals surface area contributed by atoms with Gasteiger partial charge in [-0.2, -0.15) is 5.26 Å². The maximum Gasteiger partial charge on any atom is 0.247 e. The van der Waals surface area contributed by atoms with Gasteiger partial charge in [0, 0.05) is 26.9 Å². The zero-order valence-electron chi connectivity index (χ0n) is 18.0. The summed E-state index contributed by atoms with van der Waals surface area (Å²) in [6, 6.07) is 12.2. The Labute approximate surface area is 200 Å². The number of hydrogen-bond acceptors (Lipinski definition) is 7. The Balaban J connectivity index is 1.80. The smallest absolute Gasteiger partial charge is 0.247 e. The lowest BCUT2D eigenvalue weighted by atomic mass is 10.1. The van der Waals surface area contributed by atoms with Crippen molar-refractivity contribution in [2.24, 2.45) is 0 Å². The van der Waals surface area contributed by atoms with Crippen LogP contribution in [-0.2, 0) is 4.79 Å². The second kappa shape index (κ2) is 10.6. The molecule has 0 fully saturated rings. The molecule has 1 aromatic heterocycles. The Hall–Kier alpha value is -2.97. The fourth-order valence-electron chi connectivity index (χ4n) is 3.11. The SMILES string of the molecule is CCCC(=O)Nc1ccc(-c2nnc([C@H](Nc3ccc(C#N)c(I)c3C)[C@@H](C)O)o2)cc1. The fraction of sp³-hybridized carbons (Fsp3) is 0.304. The van der Waals surface area contributed by atoms with Gasteiger partial charge in [-0.3, -0.25) is 4.79 Å². The van der Waals surface area contributed by atoms with Gasteiger partial charge in [0.1, 0.15) is 12.1 Å². The molecule has 3 rings (SSSR count). The number of nitriles is 1. The molecule has 0 saturated heterocycles. The second-order valence-corrected chi connectivity index (χ2v) is 8.47. The molecular weight excluding hydrogens is 521 g/mol. The van der Waals surface area contributed by atoms with Crippen molar-refractivity contribution in [1.29, 1.82) is 5.26 Å². The van der Waals surface area contributed by atoms with E-state index >= 15 is 0 Å². The summed E-state index contributed by atoms with van der Waals surface area (Å²) in [4.78, 5) is 11.7. The number of carbonyl (C=O) groups excluding carboxylic acids is 1. The number of carbonyl (C=O) groups is 1. The third kappa shape index (κ3) is 5.44. The minimum atomic E-state index is -0.813. The Morgan fingerprint density at radius 2 is 1.97 bits per heavy atom. The minimum absolute atomic E-state index is 0.0288. The Kier molecular flexibility index (Phi) is 7.82. The maximum atomic E-state index is 11.7. The largest absolute Gasteiger partial charge is 0.418 e. The number of benzene rings is 2. The van der Waals surface area contributed by atoms with E-state index in [0.29, 0.717) is 29.1 Å². The van der Waals surface area contributed by atoms with Crippen molar-refractivity contribution >= 4 is 39.9 Å². The summed E-state index contributed by atoms with van der Waals surface area (Å²) in [5.74, 6) is 0.526. The van der Waals surface area contributed by atoms with Gasteiger partial charge in [0.2, 0.25) is 17.7 Å². The molecule has 0 unspecified atom stereocenters. The molecule has 1 heterocycles. The first-order chi connectivity index (χ1) is 15.3. The molecule has 0 spiro atoms. The van der Waals surface area contributed by atoms with Crippen LogP contribution in [0, 0.1) is 21.8 Å². The van der Waals surface area contributed by atoms with E-state index in [0.717, 1.165) is 21.2 Å². The molecule has 1 amide bonds. The van der Waals surface area contributed by atoms with E-state index in [9.17, 15) is 15.2 Å². The van der Waals surface area contributed by atoms with E-state index in [1.54, 1.807) is 43.3 Å². The molecule has 9 heteroatoms. The van der Waals surface area contributed by atoms with Gasteiger partial charge in [0.15, 0.2) is 0 Å². The van der Waals surface area contributed by atoms with E-state index in [2.05, 4.69) is 49.5 Å². The lowest BCUT2D eigenvalue weighted by Gasteiger charge is -2.21. The number of anilines is 2. The number of aliphatic hydroxyl groups excluding tert-OH is 1. The van der Waals surface area contributed by atoms with Gasteiger partial charge < -0.3 is 20.2 Å². The van der Waals surface area contributed by atoms with Crippen molar-refractivity contribution in [2.45, 2.75) is 45.8 Å². The van der Waals surface area contributed by atoms with Crippen molar-refractivity contribution in [3.05, 3.63) is 57.0 Å². The number of amides is 1. The van der Waals surface area contributed by atoms with Gasteiger partial charge in [-0.1, -0.05) is 6.92 Å². The normalized spacial score (nSPS) is 12.6. The third-order valence-electron chi connectivity index (χ3n) is 4.90. The number of aromatic nitrogens is 2. The molecule has 8 nitrogen and oxygen atoms in total. The van der Waals surface area contributed by atoms with Crippen LogP contribution in [0.3, 0.4) is 0 Å². The van der Waals surface area contributed by atoms with Crippen molar-refractivity contribution < 1.29 is 14.3 Å². The first-order valence-electron chi connectivity index (χ1n) is 10.2. The first-order valence-corrected chi connectivity index (χ1v) is 11.3. The number of nitrogens with one attached hydrogen (secondary N) is 2. The third-order valence-corrected chi connectivity index (χ3v) is 6.29. The molecule has 0 aliphatic rings. The lowest BCUT2D eigenvalue weighted by molar-refractivity contribution is -0.116. The highest BCUT2D eigenvalue weighted by Gasteiger charge is 2.25. The topological polar surface area (TPSA) is 124 Å². The summed E-state index contributed by atoms with van der Waals surface area (Å²) in [6.45, 7) is 5.50. The van der Waals surface area contributed by atoms with Crippen LogP contribution >= 0.6 is 22.6 Å². The Morgan fingerprint density at radius 3 is 2.59 bits per heavy atom. The molecule has 0 aliphatic carbocycles. The van der Waals surface area contributed by atoms with E-state index in [1.165, 1.54) is 0 Å². The van der Waals surface area contributed by atoms with Gasteiger partial charge >= 0.3 is 0 Å². The van der Waals surface area contributed by atoms with Crippen LogP contribution in [0.15, 0.2) is 40.8 Å². The average Bonchev–Trinajstić information content (AvgIpc) is 3.25. The molecule has 2 aromatic carbocycles. The van der Waals surface area contributed by atoms with Crippen molar-refractivity contribution in [1.82, 2.24) is 10.2 Å². The molecule has 0 aliphatic heterocycles. The van der Waals surface area contributed by atoms with Crippen LogP contribution in [0.25, 0.3) is 11.5 Å².